The largest absolute Gasteiger partial charge is 0.465 e. The van der Waals surface area contributed by atoms with E-state index in [1.54, 1.807) is 6.20 Å². The smallest absolute Gasteiger partial charge is 0.408 e. The molecule has 0 saturated heterocycles. The molecule has 0 spiro atoms. The van der Waals surface area contributed by atoms with Gasteiger partial charge in [0.2, 0.25) is 0 Å². The molecule has 1 aromatic carbocycles. The number of aryl methyl sites for hydroxylation is 1. The first-order chi connectivity index (χ1) is 11.3. The normalized spacial score (nSPS) is 12.9. The summed E-state index contributed by atoms with van der Waals surface area (Å²) < 4.78 is 1.90. The first kappa shape index (κ1) is 18.0. The number of benzene rings is 1. The van der Waals surface area contributed by atoms with Crippen molar-refractivity contribution in [2.24, 2.45) is 0 Å². The molecule has 1 amide bonds. The summed E-state index contributed by atoms with van der Waals surface area (Å²) in [6.45, 7) is 7.99. The van der Waals surface area contributed by atoms with Gasteiger partial charge in [-0.1, -0.05) is 24.3 Å². The molecule has 1 aromatic heterocycles. The van der Waals surface area contributed by atoms with Gasteiger partial charge in [0.1, 0.15) is 0 Å². The fraction of sp³-hybridized carbons (Fsp3) is 0.444. The summed E-state index contributed by atoms with van der Waals surface area (Å²) in [5.74, 6) is 0. The zero-order valence-corrected chi connectivity index (χ0v) is 14.6. The van der Waals surface area contributed by atoms with Gasteiger partial charge >= 0.3 is 6.09 Å². The van der Waals surface area contributed by atoms with E-state index < -0.39 is 17.7 Å². The van der Waals surface area contributed by atoms with Crippen LogP contribution in [0.1, 0.15) is 39.3 Å². The molecule has 2 N–H and O–H groups in total. The topological polar surface area (TPSA) is 78.6 Å². The van der Waals surface area contributed by atoms with Crippen LogP contribution in [0.2, 0.25) is 0 Å². The molecule has 2 aromatic rings. The molecule has 24 heavy (non-hydrogen) atoms. The van der Waals surface area contributed by atoms with Crippen molar-refractivity contribution in [1.29, 1.82) is 0 Å². The van der Waals surface area contributed by atoms with Crippen molar-refractivity contribution in [1.82, 2.24) is 14.7 Å². The highest BCUT2D eigenvalue weighted by Crippen LogP contribution is 2.30. The van der Waals surface area contributed by atoms with Gasteiger partial charge in [0.25, 0.3) is 0 Å². The van der Waals surface area contributed by atoms with Gasteiger partial charge in [0.05, 0.1) is 18.3 Å². The first-order valence-electron chi connectivity index (χ1n) is 8.04. The van der Waals surface area contributed by atoms with Crippen LogP contribution < -0.4 is 0 Å². The summed E-state index contributed by atoms with van der Waals surface area (Å²) >= 11 is 0. The summed E-state index contributed by atoms with van der Waals surface area (Å²) in [5, 5.41) is 23.6. The highest BCUT2D eigenvalue weighted by molar-refractivity contribution is 5.67. The number of aromatic nitrogens is 2. The highest BCUT2D eigenvalue weighted by Gasteiger charge is 2.33. The Hall–Kier alpha value is -2.34. The minimum absolute atomic E-state index is 0.268. The quantitative estimate of drug-likeness (QED) is 0.880. The van der Waals surface area contributed by atoms with Crippen molar-refractivity contribution >= 4 is 6.09 Å². The van der Waals surface area contributed by atoms with Gasteiger partial charge in [-0.05, 0) is 44.9 Å². The average Bonchev–Trinajstić information content (AvgIpc) is 2.99. The van der Waals surface area contributed by atoms with Crippen LogP contribution in [0.5, 0.6) is 0 Å². The second kappa shape index (κ2) is 7.05. The highest BCUT2D eigenvalue weighted by atomic mass is 16.4. The Labute approximate surface area is 142 Å². The molecule has 2 rings (SSSR count). The number of aliphatic hydroxyl groups excluding tert-OH is 1. The predicted octanol–water partition coefficient (Wildman–Crippen LogP) is 3.38. The Morgan fingerprint density at radius 2 is 1.88 bits per heavy atom. The van der Waals surface area contributed by atoms with E-state index in [1.807, 2.05) is 62.7 Å². The maximum atomic E-state index is 11.7. The summed E-state index contributed by atoms with van der Waals surface area (Å²) in [5.41, 5.74) is 2.17. The summed E-state index contributed by atoms with van der Waals surface area (Å²) in [6.07, 6.45) is 0.712. The van der Waals surface area contributed by atoms with Crippen LogP contribution in [0.4, 0.5) is 4.79 Å². The molecule has 0 bridgehead atoms. The number of amides is 1. The van der Waals surface area contributed by atoms with Gasteiger partial charge in [0, 0.05) is 18.3 Å². The van der Waals surface area contributed by atoms with Gasteiger partial charge in [-0.15, -0.1) is 0 Å². The molecular weight excluding hydrogens is 306 g/mol. The molecular formula is C18H25N3O3. The van der Waals surface area contributed by atoms with Gasteiger partial charge < -0.3 is 10.2 Å². The SMILES string of the molecule is CCn1nccc1-c1ccc([C@H](CO)N(C(=O)O)C(C)(C)C)cc1. The van der Waals surface area contributed by atoms with Crippen LogP contribution in [0.3, 0.4) is 0 Å². The lowest BCUT2D eigenvalue weighted by Crippen LogP contribution is -2.48. The molecule has 0 unspecified atom stereocenters. The summed E-state index contributed by atoms with van der Waals surface area (Å²) in [7, 11) is 0. The van der Waals surface area contributed by atoms with Crippen molar-refractivity contribution in [2.75, 3.05) is 6.61 Å². The van der Waals surface area contributed by atoms with Gasteiger partial charge in [-0.2, -0.15) is 5.10 Å². The van der Waals surface area contributed by atoms with Gasteiger partial charge in [-0.3, -0.25) is 9.58 Å². The Kier molecular flexibility index (Phi) is 5.29. The van der Waals surface area contributed by atoms with Crippen molar-refractivity contribution in [3.05, 3.63) is 42.1 Å². The van der Waals surface area contributed by atoms with E-state index in [-0.39, 0.29) is 6.61 Å². The molecule has 6 nitrogen and oxygen atoms in total. The Balaban J connectivity index is 2.36. The Bertz CT molecular complexity index is 686. The number of carboxylic acid groups (broad SMARTS) is 1. The van der Waals surface area contributed by atoms with Gasteiger partial charge in [0.15, 0.2) is 0 Å². The molecule has 0 radical (unpaired) electrons. The van der Waals surface area contributed by atoms with Crippen LogP contribution in [-0.4, -0.2) is 43.1 Å². The first-order valence-corrected chi connectivity index (χ1v) is 8.04. The van der Waals surface area contributed by atoms with Crippen molar-refractivity contribution in [2.45, 2.75) is 45.8 Å². The maximum Gasteiger partial charge on any atom is 0.408 e. The Morgan fingerprint density at radius 3 is 2.33 bits per heavy atom. The summed E-state index contributed by atoms with van der Waals surface area (Å²) in [4.78, 5) is 13.0. The molecule has 130 valence electrons. The van der Waals surface area contributed by atoms with Crippen molar-refractivity contribution < 1.29 is 15.0 Å². The molecule has 0 aliphatic carbocycles. The fourth-order valence-corrected chi connectivity index (χ4v) is 2.93. The second-order valence-corrected chi connectivity index (χ2v) is 6.68. The number of rotatable bonds is 5. The average molecular weight is 331 g/mol. The third-order valence-electron chi connectivity index (χ3n) is 4.02. The maximum absolute atomic E-state index is 11.7. The zero-order chi connectivity index (χ0) is 17.9. The third kappa shape index (κ3) is 3.59. The molecule has 0 aliphatic rings. The van der Waals surface area contributed by atoms with Crippen LogP contribution in [0, 0.1) is 0 Å². The number of hydrogen-bond acceptors (Lipinski definition) is 3. The van der Waals surface area contributed by atoms with E-state index in [0.29, 0.717) is 0 Å². The van der Waals surface area contributed by atoms with Crippen LogP contribution >= 0.6 is 0 Å². The molecule has 0 aliphatic heterocycles. The number of carbonyl (C=O) groups is 1. The van der Waals surface area contributed by atoms with Crippen LogP contribution in [-0.2, 0) is 6.54 Å². The van der Waals surface area contributed by atoms with Crippen LogP contribution in [0.25, 0.3) is 11.3 Å². The summed E-state index contributed by atoms with van der Waals surface area (Å²) in [6, 6.07) is 8.94. The second-order valence-electron chi connectivity index (χ2n) is 6.68. The third-order valence-corrected chi connectivity index (χ3v) is 4.02. The monoisotopic (exact) mass is 331 g/mol. The van der Waals surface area contributed by atoms with E-state index in [2.05, 4.69) is 5.10 Å². The zero-order valence-electron chi connectivity index (χ0n) is 14.6. The Morgan fingerprint density at radius 1 is 1.25 bits per heavy atom. The number of hydrogen-bond donors (Lipinski definition) is 2. The van der Waals surface area contributed by atoms with E-state index in [9.17, 15) is 15.0 Å². The minimum atomic E-state index is -1.05. The number of nitrogens with zero attached hydrogens (tertiary/aromatic N) is 3. The van der Waals surface area contributed by atoms with Crippen molar-refractivity contribution in [3.8, 4) is 11.3 Å². The van der Waals surface area contributed by atoms with E-state index in [1.165, 1.54) is 4.90 Å². The predicted molar refractivity (Wildman–Crippen MR) is 92.8 cm³/mol. The standard InChI is InChI=1S/C18H25N3O3/c1-5-20-15(10-11-19-20)13-6-8-14(9-7-13)16(12-22)21(17(23)24)18(2,3)4/h6-11,16,22H,5,12H2,1-4H3,(H,23,24)/t16-/m0/s1. The number of aliphatic hydroxyl groups is 1. The lowest BCUT2D eigenvalue weighted by atomic mass is 9.97. The fourth-order valence-electron chi connectivity index (χ4n) is 2.93. The molecule has 6 heteroatoms. The lowest BCUT2D eigenvalue weighted by molar-refractivity contribution is 0.0458. The van der Waals surface area contributed by atoms with Crippen molar-refractivity contribution in [3.63, 3.8) is 0 Å². The molecule has 0 saturated carbocycles. The van der Waals surface area contributed by atoms with Gasteiger partial charge in [-0.25, -0.2) is 4.79 Å². The molecule has 1 heterocycles. The molecule has 1 atom stereocenters. The minimum Gasteiger partial charge on any atom is -0.465 e. The van der Waals surface area contributed by atoms with E-state index in [0.717, 1.165) is 23.4 Å². The van der Waals surface area contributed by atoms with Crippen LogP contribution in [0.15, 0.2) is 36.5 Å². The molecule has 0 fully saturated rings. The van der Waals surface area contributed by atoms with E-state index in [4.69, 9.17) is 0 Å². The lowest BCUT2D eigenvalue weighted by Gasteiger charge is -2.39. The van der Waals surface area contributed by atoms with E-state index >= 15 is 0 Å².